The van der Waals surface area contributed by atoms with Gasteiger partial charge in [0.05, 0.1) is 13.0 Å². The van der Waals surface area contributed by atoms with Gasteiger partial charge in [-0.3, -0.25) is 14.6 Å². The van der Waals surface area contributed by atoms with E-state index in [1.807, 2.05) is 0 Å². The smallest absolute Gasteiger partial charge is 0.332 e. The van der Waals surface area contributed by atoms with Crippen molar-refractivity contribution in [1.82, 2.24) is 14.7 Å². The van der Waals surface area contributed by atoms with Crippen molar-refractivity contribution in [3.05, 3.63) is 0 Å². The average Bonchev–Trinajstić information content (AvgIpc) is 2.39. The second-order valence-corrected chi connectivity index (χ2v) is 10.4. The maximum atomic E-state index is 12.4. The van der Waals surface area contributed by atoms with Gasteiger partial charge in [0.25, 0.3) is 0 Å². The molecule has 2 heterocycles. The van der Waals surface area contributed by atoms with E-state index in [1.54, 1.807) is 0 Å². The van der Waals surface area contributed by atoms with Crippen molar-refractivity contribution in [2.75, 3.05) is 52.6 Å². The van der Waals surface area contributed by atoms with Gasteiger partial charge in [-0.2, -0.15) is 13.2 Å². The summed E-state index contributed by atoms with van der Waals surface area (Å²) < 4.78 is 37.3. The van der Waals surface area contributed by atoms with Gasteiger partial charge in [0.2, 0.25) is 5.52 Å². The highest BCUT2D eigenvalue weighted by Gasteiger charge is 2.45. The lowest BCUT2D eigenvalue weighted by Gasteiger charge is -2.48. The van der Waals surface area contributed by atoms with Crippen LogP contribution in [0.5, 0.6) is 0 Å². The van der Waals surface area contributed by atoms with Crippen LogP contribution in [0.25, 0.3) is 0 Å². The largest absolute Gasteiger partial charge is 0.471 e. The summed E-state index contributed by atoms with van der Waals surface area (Å²) in [5.41, 5.74) is 0.351. The molecule has 9 heteroatoms. The van der Waals surface area contributed by atoms with Crippen molar-refractivity contribution in [1.29, 1.82) is 0 Å². The van der Waals surface area contributed by atoms with Crippen LogP contribution in [0, 0.1) is 6.13 Å². The molecule has 0 saturated carbocycles. The Balaban J connectivity index is 1.82. The minimum atomic E-state index is -4.77. The van der Waals surface area contributed by atoms with E-state index in [2.05, 4.69) is 29.4 Å². The Morgan fingerprint density at radius 1 is 1.30 bits per heavy atom. The Morgan fingerprint density at radius 2 is 1.83 bits per heavy atom. The number of carbonyl (C=O) groups excluding carboxylic acids is 1. The van der Waals surface area contributed by atoms with Gasteiger partial charge < -0.3 is 4.90 Å². The van der Waals surface area contributed by atoms with Gasteiger partial charge in [-0.15, -0.1) is 6.13 Å². The van der Waals surface area contributed by atoms with Crippen molar-refractivity contribution in [2.24, 2.45) is 0 Å². The normalized spacial score (nSPS) is 24.1. The van der Waals surface area contributed by atoms with Crippen LogP contribution in [0.2, 0.25) is 0 Å². The predicted molar refractivity (Wildman–Crippen MR) is 91.1 cm³/mol. The molecule has 0 aromatic carbocycles. The molecule has 0 bridgehead atoms. The lowest BCUT2D eigenvalue weighted by atomic mass is 10.1. The zero-order valence-electron chi connectivity index (χ0n) is 13.5. The first-order chi connectivity index (χ1) is 10.6. The highest BCUT2D eigenvalue weighted by Crippen LogP contribution is 2.43. The number of hydrogen-bond donors (Lipinski definition) is 0. The monoisotopic (exact) mass is 368 g/mol. The molecule has 2 saturated heterocycles. The van der Waals surface area contributed by atoms with Crippen LogP contribution in [0.1, 0.15) is 0 Å². The Kier molecular flexibility index (Phi) is 5.81. The molecule has 23 heavy (non-hydrogen) atoms. The fourth-order valence-electron chi connectivity index (χ4n) is 3.22. The van der Waals surface area contributed by atoms with E-state index in [1.165, 1.54) is 0 Å². The molecule has 1 amide bonds. The molecular formula is C14H23F3N3OP2+. The summed E-state index contributed by atoms with van der Waals surface area (Å²) >= 11 is 0. The fourth-order valence-corrected chi connectivity index (χ4v) is 7.16. The third kappa shape index (κ3) is 4.29. The topological polar surface area (TPSA) is 26.8 Å². The number of rotatable bonds is 3. The van der Waals surface area contributed by atoms with E-state index >= 15 is 0 Å². The second-order valence-electron chi connectivity index (χ2n) is 6.20. The van der Waals surface area contributed by atoms with Crippen LogP contribution >= 0.6 is 14.9 Å². The molecule has 0 N–H and O–H groups in total. The van der Waals surface area contributed by atoms with Crippen molar-refractivity contribution in [2.45, 2.75) is 17.7 Å². The predicted octanol–water partition coefficient (Wildman–Crippen LogP) is 1.91. The van der Waals surface area contributed by atoms with Gasteiger partial charge in [-0.1, -0.05) is 0 Å². The maximum Gasteiger partial charge on any atom is 0.471 e. The summed E-state index contributed by atoms with van der Waals surface area (Å²) in [5, 5.41) is 0. The van der Waals surface area contributed by atoms with Gasteiger partial charge in [0.1, 0.15) is 7.55 Å². The fraction of sp³-hybridized carbons (Fsp3) is 0.786. The molecule has 4 nitrogen and oxygen atoms in total. The van der Waals surface area contributed by atoms with E-state index in [-0.39, 0.29) is 20.6 Å². The van der Waals surface area contributed by atoms with E-state index < -0.39 is 19.5 Å². The van der Waals surface area contributed by atoms with E-state index in [4.69, 9.17) is 6.13 Å². The Hall–Kier alpha value is -0.570. The quantitative estimate of drug-likeness (QED) is 0.712. The minimum Gasteiger partial charge on any atom is -0.332 e. The van der Waals surface area contributed by atoms with Crippen LogP contribution in [0.3, 0.4) is 0 Å². The summed E-state index contributed by atoms with van der Waals surface area (Å²) in [7, 11) is -0.946. The number of hydrogen-bond acceptors (Lipinski definition) is 3. The standard InChI is InChI=1S/C14H23F3N3OP2/c1-22(2)13(23(3)4)20-9-11(10-20)18-5-7-19(8-6-18)12(21)14(15,16)17/h1,11,13H,3,5-10H2,2,4H3/q+1. The molecule has 2 fully saturated rings. The maximum absolute atomic E-state index is 12.4. The summed E-state index contributed by atoms with van der Waals surface area (Å²) in [6, 6.07) is 0.352. The van der Waals surface area contributed by atoms with Crippen molar-refractivity contribution in [3.63, 3.8) is 0 Å². The first-order valence-corrected chi connectivity index (χ1v) is 11.4. The van der Waals surface area contributed by atoms with Crippen LogP contribution in [-0.4, -0.2) is 97.2 Å². The highest BCUT2D eigenvalue weighted by atomic mass is 31.2. The number of nitrogens with zero attached hydrogens (tertiary/aromatic N) is 3. The molecule has 0 aliphatic carbocycles. The average molecular weight is 368 g/mol. The van der Waals surface area contributed by atoms with Gasteiger partial charge in [-0.25, -0.2) is 0 Å². The Labute approximate surface area is 137 Å². The Morgan fingerprint density at radius 3 is 2.22 bits per heavy atom. The molecular weight excluding hydrogens is 345 g/mol. The number of piperazine rings is 1. The molecule has 0 aromatic heterocycles. The zero-order valence-corrected chi connectivity index (χ0v) is 15.2. The summed E-state index contributed by atoms with van der Waals surface area (Å²) in [6.07, 6.45) is 5.48. The molecule has 2 aliphatic heterocycles. The van der Waals surface area contributed by atoms with E-state index in [9.17, 15) is 18.0 Å². The van der Waals surface area contributed by atoms with E-state index in [0.717, 1.165) is 18.0 Å². The first kappa shape index (κ1) is 18.8. The van der Waals surface area contributed by atoms with Gasteiger partial charge in [0, 0.05) is 45.3 Å². The van der Waals surface area contributed by atoms with Gasteiger partial charge in [0.15, 0.2) is 0 Å². The van der Waals surface area contributed by atoms with Crippen molar-refractivity contribution >= 4 is 27.1 Å². The summed E-state index contributed by atoms with van der Waals surface area (Å²) in [5.74, 6) is -1.72. The van der Waals surface area contributed by atoms with Crippen LogP contribution in [-0.2, 0) is 4.79 Å². The molecule has 0 aromatic rings. The molecule has 0 spiro atoms. The number of amides is 1. The lowest BCUT2D eigenvalue weighted by Crippen LogP contribution is -2.64. The molecule has 130 valence electrons. The molecule has 0 radical (unpaired) electrons. The van der Waals surface area contributed by atoms with Crippen molar-refractivity contribution < 1.29 is 18.0 Å². The molecule has 2 rings (SSSR count). The molecule has 3 atom stereocenters. The number of halogens is 3. The SMILES string of the molecule is C#P(C)C(N1CC(N2CCN(C(=O)C(F)(F)F)CC2)C1)[P+](=C)C. The molecule has 3 unspecified atom stereocenters. The summed E-state index contributed by atoms with van der Waals surface area (Å²) in [4.78, 5) is 16.7. The second kappa shape index (κ2) is 7.13. The van der Waals surface area contributed by atoms with E-state index in [0.29, 0.717) is 24.7 Å². The van der Waals surface area contributed by atoms with Gasteiger partial charge in [-0.05, 0) is 14.0 Å². The molecule has 2 aliphatic rings. The third-order valence-corrected chi connectivity index (χ3v) is 8.78. The number of carbonyl (C=O) groups is 1. The summed E-state index contributed by atoms with van der Waals surface area (Å²) in [6.45, 7) is 7.25. The van der Waals surface area contributed by atoms with Crippen LogP contribution in [0.4, 0.5) is 13.2 Å². The number of likely N-dealkylation sites (tertiary alicyclic amines) is 1. The highest BCUT2D eigenvalue weighted by molar-refractivity contribution is 7.69. The van der Waals surface area contributed by atoms with Crippen LogP contribution in [0.15, 0.2) is 0 Å². The van der Waals surface area contributed by atoms with Crippen LogP contribution < -0.4 is 0 Å². The first-order valence-electron chi connectivity index (χ1n) is 7.46. The minimum absolute atomic E-state index is 0.144. The zero-order chi connectivity index (χ0) is 17.4. The Bertz CT molecular complexity index is 544. The van der Waals surface area contributed by atoms with Gasteiger partial charge >= 0.3 is 12.1 Å². The lowest BCUT2D eigenvalue weighted by molar-refractivity contribution is -0.187. The third-order valence-electron chi connectivity index (χ3n) is 4.34. The number of alkyl halides is 3. The van der Waals surface area contributed by atoms with Crippen molar-refractivity contribution in [3.8, 4) is 6.13 Å².